The molecule has 0 aromatic heterocycles. The summed E-state index contributed by atoms with van der Waals surface area (Å²) in [5, 5.41) is -0.115. The predicted molar refractivity (Wildman–Crippen MR) is 58.8 cm³/mol. The predicted octanol–water partition coefficient (Wildman–Crippen LogP) is 1.18. The van der Waals surface area contributed by atoms with E-state index < -0.39 is 9.84 Å². The van der Waals surface area contributed by atoms with E-state index in [2.05, 4.69) is 0 Å². The lowest BCUT2D eigenvalue weighted by molar-refractivity contribution is 0.289. The molecule has 0 saturated heterocycles. The molecular weight excluding hydrogens is 198 g/mol. The van der Waals surface area contributed by atoms with Crippen molar-refractivity contribution in [2.75, 3.05) is 12.3 Å². The normalized spacial score (nSPS) is 34.4. The van der Waals surface area contributed by atoms with Gasteiger partial charge in [0.15, 0.2) is 9.84 Å². The van der Waals surface area contributed by atoms with Crippen molar-refractivity contribution in [2.45, 2.75) is 38.4 Å². The second kappa shape index (κ2) is 4.62. The Hall–Kier alpha value is -0.0900. The van der Waals surface area contributed by atoms with Gasteiger partial charge >= 0.3 is 0 Å². The Bertz CT molecular complexity index is 274. The zero-order chi connectivity index (χ0) is 10.8. The monoisotopic (exact) mass is 219 g/mol. The number of sulfone groups is 1. The standard InChI is InChI=1S/C10H21NO2S/c1-3-14(12,13)10-5-4-9(7-11)6-8(10)2/h8-10H,3-7,11H2,1-2H3. The molecule has 0 aliphatic heterocycles. The van der Waals surface area contributed by atoms with Crippen molar-refractivity contribution >= 4 is 9.84 Å². The first kappa shape index (κ1) is 12.0. The summed E-state index contributed by atoms with van der Waals surface area (Å²) in [6.45, 7) is 4.47. The quantitative estimate of drug-likeness (QED) is 0.775. The van der Waals surface area contributed by atoms with E-state index in [4.69, 9.17) is 5.73 Å². The summed E-state index contributed by atoms with van der Waals surface area (Å²) >= 11 is 0. The van der Waals surface area contributed by atoms with E-state index in [0.29, 0.717) is 12.5 Å². The lowest BCUT2D eigenvalue weighted by Gasteiger charge is -2.32. The van der Waals surface area contributed by atoms with Crippen LogP contribution in [0.1, 0.15) is 33.1 Å². The molecule has 3 unspecified atom stereocenters. The molecule has 0 bridgehead atoms. The highest BCUT2D eigenvalue weighted by molar-refractivity contribution is 7.92. The fourth-order valence-electron chi connectivity index (χ4n) is 2.44. The molecule has 1 aliphatic carbocycles. The third-order valence-electron chi connectivity index (χ3n) is 3.40. The molecule has 0 aromatic carbocycles. The first-order valence-electron chi connectivity index (χ1n) is 5.42. The molecule has 0 aromatic rings. The lowest BCUT2D eigenvalue weighted by atomic mass is 9.82. The average molecular weight is 219 g/mol. The van der Waals surface area contributed by atoms with Crippen LogP contribution in [-0.2, 0) is 9.84 Å². The Morgan fingerprint density at radius 3 is 2.43 bits per heavy atom. The van der Waals surface area contributed by atoms with Crippen molar-refractivity contribution in [1.82, 2.24) is 0 Å². The minimum Gasteiger partial charge on any atom is -0.330 e. The van der Waals surface area contributed by atoms with E-state index in [-0.39, 0.29) is 16.9 Å². The molecule has 84 valence electrons. The highest BCUT2D eigenvalue weighted by Gasteiger charge is 2.34. The highest BCUT2D eigenvalue weighted by atomic mass is 32.2. The van der Waals surface area contributed by atoms with Gasteiger partial charge in [0.2, 0.25) is 0 Å². The largest absolute Gasteiger partial charge is 0.330 e. The van der Waals surface area contributed by atoms with Crippen molar-refractivity contribution in [3.05, 3.63) is 0 Å². The topological polar surface area (TPSA) is 60.2 Å². The van der Waals surface area contributed by atoms with E-state index in [1.54, 1.807) is 6.92 Å². The molecule has 3 atom stereocenters. The van der Waals surface area contributed by atoms with Gasteiger partial charge in [-0.3, -0.25) is 0 Å². The first-order valence-corrected chi connectivity index (χ1v) is 7.14. The first-order chi connectivity index (χ1) is 6.51. The van der Waals surface area contributed by atoms with Gasteiger partial charge < -0.3 is 5.73 Å². The molecule has 14 heavy (non-hydrogen) atoms. The molecular formula is C10H21NO2S. The Kier molecular flexibility index (Phi) is 3.95. The van der Waals surface area contributed by atoms with Gasteiger partial charge in [-0.25, -0.2) is 8.42 Å². The van der Waals surface area contributed by atoms with Crippen LogP contribution in [0.2, 0.25) is 0 Å². The minimum atomic E-state index is -2.84. The molecule has 0 heterocycles. The van der Waals surface area contributed by atoms with E-state index >= 15 is 0 Å². The van der Waals surface area contributed by atoms with Crippen LogP contribution in [-0.4, -0.2) is 26.0 Å². The van der Waals surface area contributed by atoms with E-state index in [1.807, 2.05) is 6.92 Å². The third-order valence-corrected chi connectivity index (χ3v) is 5.82. The summed E-state index contributed by atoms with van der Waals surface area (Å²) in [4.78, 5) is 0. The summed E-state index contributed by atoms with van der Waals surface area (Å²) in [7, 11) is -2.84. The van der Waals surface area contributed by atoms with Crippen LogP contribution in [0.25, 0.3) is 0 Å². The Labute approximate surface area is 87.0 Å². The number of nitrogens with two attached hydrogens (primary N) is 1. The van der Waals surface area contributed by atoms with Crippen molar-refractivity contribution in [2.24, 2.45) is 17.6 Å². The summed E-state index contributed by atoms with van der Waals surface area (Å²) in [5.74, 6) is 1.09. The van der Waals surface area contributed by atoms with Gasteiger partial charge in [-0.15, -0.1) is 0 Å². The maximum absolute atomic E-state index is 11.7. The molecule has 1 fully saturated rings. The fourth-order valence-corrected chi connectivity index (χ4v) is 4.18. The van der Waals surface area contributed by atoms with Gasteiger partial charge in [0.05, 0.1) is 5.25 Å². The number of hydrogen-bond acceptors (Lipinski definition) is 3. The molecule has 0 amide bonds. The second-order valence-electron chi connectivity index (χ2n) is 4.38. The van der Waals surface area contributed by atoms with Gasteiger partial charge in [0.1, 0.15) is 0 Å². The van der Waals surface area contributed by atoms with Crippen LogP contribution in [0.5, 0.6) is 0 Å². The average Bonchev–Trinajstić information content (AvgIpc) is 2.17. The van der Waals surface area contributed by atoms with Gasteiger partial charge in [-0.05, 0) is 37.6 Å². The second-order valence-corrected chi connectivity index (χ2v) is 6.89. The van der Waals surface area contributed by atoms with Crippen LogP contribution in [0.3, 0.4) is 0 Å². The fraction of sp³-hybridized carbons (Fsp3) is 1.00. The number of hydrogen-bond donors (Lipinski definition) is 1. The number of rotatable bonds is 3. The van der Waals surface area contributed by atoms with Gasteiger partial charge in [-0.2, -0.15) is 0 Å². The summed E-state index contributed by atoms with van der Waals surface area (Å²) < 4.78 is 23.5. The van der Waals surface area contributed by atoms with Crippen LogP contribution >= 0.6 is 0 Å². The van der Waals surface area contributed by atoms with E-state index in [1.165, 1.54) is 0 Å². The summed E-state index contributed by atoms with van der Waals surface area (Å²) in [6.07, 6.45) is 2.75. The van der Waals surface area contributed by atoms with Gasteiger partial charge in [-0.1, -0.05) is 13.8 Å². The Morgan fingerprint density at radius 1 is 1.36 bits per heavy atom. The van der Waals surface area contributed by atoms with Crippen molar-refractivity contribution in [3.63, 3.8) is 0 Å². The summed E-state index contributed by atoms with van der Waals surface area (Å²) in [5.41, 5.74) is 5.60. The van der Waals surface area contributed by atoms with Crippen molar-refractivity contribution in [3.8, 4) is 0 Å². The Balaban J connectivity index is 2.67. The van der Waals surface area contributed by atoms with E-state index in [9.17, 15) is 8.42 Å². The molecule has 2 N–H and O–H groups in total. The van der Waals surface area contributed by atoms with Gasteiger partial charge in [0.25, 0.3) is 0 Å². The molecule has 4 heteroatoms. The smallest absolute Gasteiger partial charge is 0.153 e. The van der Waals surface area contributed by atoms with Crippen LogP contribution < -0.4 is 5.73 Å². The molecule has 1 rings (SSSR count). The molecule has 1 aliphatic rings. The molecule has 0 spiro atoms. The maximum atomic E-state index is 11.7. The minimum absolute atomic E-state index is 0.115. The van der Waals surface area contributed by atoms with E-state index in [0.717, 1.165) is 19.3 Å². The SMILES string of the molecule is CCS(=O)(=O)C1CCC(CN)CC1C. The molecule has 1 saturated carbocycles. The zero-order valence-electron chi connectivity index (χ0n) is 9.07. The van der Waals surface area contributed by atoms with Crippen LogP contribution in [0, 0.1) is 11.8 Å². The highest BCUT2D eigenvalue weighted by Crippen LogP contribution is 2.32. The van der Waals surface area contributed by atoms with Crippen LogP contribution in [0.4, 0.5) is 0 Å². The van der Waals surface area contributed by atoms with Gasteiger partial charge in [0, 0.05) is 5.75 Å². The molecule has 3 nitrogen and oxygen atoms in total. The lowest BCUT2D eigenvalue weighted by Crippen LogP contribution is -2.36. The summed E-state index contributed by atoms with van der Waals surface area (Å²) in [6, 6.07) is 0. The Morgan fingerprint density at radius 2 is 2.00 bits per heavy atom. The maximum Gasteiger partial charge on any atom is 0.153 e. The van der Waals surface area contributed by atoms with Crippen molar-refractivity contribution in [1.29, 1.82) is 0 Å². The third kappa shape index (κ3) is 2.48. The van der Waals surface area contributed by atoms with Crippen molar-refractivity contribution < 1.29 is 8.42 Å². The molecule has 0 radical (unpaired) electrons. The van der Waals surface area contributed by atoms with Crippen LogP contribution in [0.15, 0.2) is 0 Å². The zero-order valence-corrected chi connectivity index (χ0v) is 9.89.